The summed E-state index contributed by atoms with van der Waals surface area (Å²) in [5, 5.41) is 9.98. The number of allylic oxidation sites excluding steroid dienone is 1. The van der Waals surface area contributed by atoms with E-state index in [0.29, 0.717) is 26.9 Å². The lowest BCUT2D eigenvalue weighted by atomic mass is 9.84. The number of carbonyl (C=O) groups excluding carboxylic acids is 1. The Hall–Kier alpha value is -3.33. The summed E-state index contributed by atoms with van der Waals surface area (Å²) in [5.74, 6) is -0.784. The van der Waals surface area contributed by atoms with E-state index in [0.717, 1.165) is 0 Å². The summed E-state index contributed by atoms with van der Waals surface area (Å²) in [6.45, 7) is 5.49. The first-order chi connectivity index (χ1) is 16.6. The zero-order valence-corrected chi connectivity index (χ0v) is 20.8. The number of carbonyl (C=O) groups is 1. The lowest BCUT2D eigenvalue weighted by Gasteiger charge is -2.21. The van der Waals surface area contributed by atoms with Crippen molar-refractivity contribution in [3.8, 4) is 17.8 Å². The highest BCUT2D eigenvalue weighted by molar-refractivity contribution is 6.49. The summed E-state index contributed by atoms with van der Waals surface area (Å²) < 4.78 is 25.4. The van der Waals surface area contributed by atoms with Gasteiger partial charge in [-0.3, -0.25) is 4.79 Å². The molecule has 178 valence electrons. The van der Waals surface area contributed by atoms with Gasteiger partial charge in [0.15, 0.2) is 11.6 Å². The second-order valence-electron chi connectivity index (χ2n) is 9.10. The van der Waals surface area contributed by atoms with Crippen LogP contribution in [0.2, 0.25) is 5.02 Å². The number of hydrogen-bond donors (Lipinski definition) is 0. The molecule has 1 fully saturated rings. The highest BCUT2D eigenvalue weighted by Gasteiger charge is 2.84. The summed E-state index contributed by atoms with van der Waals surface area (Å²) in [5.41, 5.74) is -1.67. The van der Waals surface area contributed by atoms with Crippen molar-refractivity contribution in [3.63, 3.8) is 0 Å². The number of nitrogens with zero attached hydrogens (tertiary/aromatic N) is 1. The normalized spacial score (nSPS) is 22.7. The van der Waals surface area contributed by atoms with Gasteiger partial charge in [-0.1, -0.05) is 79.5 Å². The predicted octanol–water partition coefficient (Wildman–Crippen LogP) is 7.86. The fourth-order valence-electron chi connectivity index (χ4n) is 5.07. The van der Waals surface area contributed by atoms with Crippen LogP contribution in [0.25, 0.3) is 5.03 Å². The van der Waals surface area contributed by atoms with Crippen molar-refractivity contribution in [2.45, 2.75) is 26.2 Å². The van der Waals surface area contributed by atoms with E-state index in [-0.39, 0.29) is 5.75 Å². The molecule has 0 N–H and O–H groups in total. The molecule has 0 amide bonds. The third-order valence-corrected chi connectivity index (χ3v) is 7.91. The molecule has 3 aromatic carbocycles. The minimum absolute atomic E-state index is 0.00258. The number of nitriles is 1. The van der Waals surface area contributed by atoms with Gasteiger partial charge < -0.3 is 9.47 Å². The predicted molar refractivity (Wildman–Crippen MR) is 133 cm³/mol. The van der Waals surface area contributed by atoms with Crippen molar-refractivity contribution in [1.29, 1.82) is 5.26 Å². The molecule has 0 heterocycles. The van der Waals surface area contributed by atoms with Crippen LogP contribution < -0.4 is 4.74 Å². The topological polar surface area (TPSA) is 59.3 Å². The molecule has 1 aliphatic carbocycles. The molecule has 0 spiro atoms. The van der Waals surface area contributed by atoms with E-state index in [1.165, 1.54) is 12.3 Å². The highest BCUT2D eigenvalue weighted by atomic mass is 35.5. The average Bonchev–Trinajstić information content (AvgIpc) is 3.23. The van der Waals surface area contributed by atoms with E-state index < -0.39 is 28.0 Å². The summed E-state index contributed by atoms with van der Waals surface area (Å²) in [6.07, 6.45) is 3.26. The number of ether oxygens (including phenoxy) is 2. The minimum Gasteiger partial charge on any atom is -0.454 e. The maximum absolute atomic E-state index is 14.8. The quantitative estimate of drug-likeness (QED) is 0.250. The van der Waals surface area contributed by atoms with Crippen LogP contribution in [0.15, 0.2) is 78.9 Å². The van der Waals surface area contributed by atoms with Gasteiger partial charge in [0, 0.05) is 15.5 Å². The lowest BCUT2D eigenvalue weighted by Crippen LogP contribution is -2.24. The van der Waals surface area contributed by atoms with Gasteiger partial charge in [-0.25, -0.2) is 4.39 Å². The molecule has 4 nitrogen and oxygen atoms in total. The molecule has 2 atom stereocenters. The largest absolute Gasteiger partial charge is 0.454 e. The van der Waals surface area contributed by atoms with E-state index in [1.807, 2.05) is 19.9 Å². The standard InChI is InChI=1S/C28H22Cl2FNO3/c1-26(2)27(3,25(33)34-17-32)28(26,16-22(30)18-9-12-20(29)13-10-18)19-11-14-23(31)24(15-19)35-21-7-5-4-6-8-21/h4-16H,1-3H3. The van der Waals surface area contributed by atoms with Gasteiger partial charge in [0.25, 0.3) is 6.26 Å². The Bertz CT molecular complexity index is 1350. The zero-order valence-electron chi connectivity index (χ0n) is 19.3. The van der Waals surface area contributed by atoms with Crippen molar-refractivity contribution in [2.75, 3.05) is 0 Å². The molecule has 35 heavy (non-hydrogen) atoms. The van der Waals surface area contributed by atoms with Crippen LogP contribution in [0.4, 0.5) is 4.39 Å². The Morgan fingerprint density at radius 2 is 1.69 bits per heavy atom. The molecule has 0 aliphatic heterocycles. The van der Waals surface area contributed by atoms with Crippen LogP contribution in [-0.4, -0.2) is 5.97 Å². The van der Waals surface area contributed by atoms with Gasteiger partial charge in [-0.2, -0.15) is 0 Å². The van der Waals surface area contributed by atoms with Gasteiger partial charge in [0.1, 0.15) is 5.75 Å². The SMILES string of the molecule is CC1(C)C(C)(C(=O)OC#N)C1(C=C(Cl)c1ccc(Cl)cc1)c1ccc(F)c(Oc2ccccc2)c1. The average molecular weight is 510 g/mol. The first-order valence-corrected chi connectivity index (χ1v) is 11.6. The fourth-order valence-corrected chi connectivity index (χ4v) is 5.49. The van der Waals surface area contributed by atoms with E-state index in [2.05, 4.69) is 0 Å². The van der Waals surface area contributed by atoms with Crippen LogP contribution in [0.1, 0.15) is 31.9 Å². The number of hydrogen-bond acceptors (Lipinski definition) is 4. The highest BCUT2D eigenvalue weighted by Crippen LogP contribution is 2.80. The van der Waals surface area contributed by atoms with E-state index in [9.17, 15) is 9.18 Å². The van der Waals surface area contributed by atoms with E-state index in [1.54, 1.807) is 73.7 Å². The van der Waals surface area contributed by atoms with Gasteiger partial charge in [-0.05, 0) is 59.9 Å². The smallest absolute Gasteiger partial charge is 0.329 e. The zero-order chi connectivity index (χ0) is 25.4. The molecule has 2 unspecified atom stereocenters. The molecule has 7 heteroatoms. The number of benzene rings is 3. The molecule has 1 aliphatic rings. The molecular formula is C28H22Cl2FNO3. The van der Waals surface area contributed by atoms with Crippen molar-refractivity contribution in [2.24, 2.45) is 10.8 Å². The summed E-state index contributed by atoms with van der Waals surface area (Å²) in [6, 6.07) is 20.3. The molecular weight excluding hydrogens is 488 g/mol. The van der Waals surface area contributed by atoms with Crippen LogP contribution in [0, 0.1) is 28.2 Å². The van der Waals surface area contributed by atoms with Crippen molar-refractivity contribution < 1.29 is 18.7 Å². The van der Waals surface area contributed by atoms with Crippen molar-refractivity contribution in [3.05, 3.63) is 101 Å². The van der Waals surface area contributed by atoms with Gasteiger partial charge in [0.2, 0.25) is 0 Å². The first kappa shape index (κ1) is 24.8. The maximum Gasteiger partial charge on any atom is 0.329 e. The molecule has 0 radical (unpaired) electrons. The molecule has 1 saturated carbocycles. The maximum atomic E-state index is 14.8. The van der Waals surface area contributed by atoms with Crippen molar-refractivity contribution >= 4 is 34.2 Å². The van der Waals surface area contributed by atoms with Crippen LogP contribution in [-0.2, 0) is 14.9 Å². The molecule has 0 saturated heterocycles. The lowest BCUT2D eigenvalue weighted by molar-refractivity contribution is -0.144. The van der Waals surface area contributed by atoms with E-state index in [4.69, 9.17) is 37.9 Å². The number of halogens is 3. The minimum atomic E-state index is -1.18. The molecule has 3 aromatic rings. The Labute approximate surface area is 213 Å². The van der Waals surface area contributed by atoms with E-state index >= 15 is 0 Å². The monoisotopic (exact) mass is 509 g/mol. The van der Waals surface area contributed by atoms with Crippen LogP contribution in [0.3, 0.4) is 0 Å². The summed E-state index contributed by atoms with van der Waals surface area (Å²) in [7, 11) is 0. The fraction of sp³-hybridized carbons (Fsp3) is 0.214. The number of rotatable bonds is 6. The van der Waals surface area contributed by atoms with Gasteiger partial charge in [-0.15, -0.1) is 5.26 Å². The first-order valence-electron chi connectivity index (χ1n) is 10.9. The summed E-state index contributed by atoms with van der Waals surface area (Å²) in [4.78, 5) is 13.1. The van der Waals surface area contributed by atoms with Crippen LogP contribution >= 0.6 is 23.2 Å². The second-order valence-corrected chi connectivity index (χ2v) is 9.94. The number of para-hydroxylation sites is 1. The van der Waals surface area contributed by atoms with Crippen LogP contribution in [0.5, 0.6) is 11.5 Å². The Morgan fingerprint density at radius 3 is 2.31 bits per heavy atom. The van der Waals surface area contributed by atoms with Gasteiger partial charge in [0.05, 0.1) is 5.41 Å². The number of esters is 1. The molecule has 0 bridgehead atoms. The Morgan fingerprint density at radius 1 is 1.03 bits per heavy atom. The third kappa shape index (κ3) is 3.87. The third-order valence-electron chi connectivity index (χ3n) is 7.33. The Balaban J connectivity index is 1.89. The molecule has 4 rings (SSSR count). The molecule has 0 aromatic heterocycles. The summed E-state index contributed by atoms with van der Waals surface area (Å²) >= 11 is 12.8. The second kappa shape index (κ2) is 9.03. The Kier molecular flexibility index (Phi) is 6.40. The van der Waals surface area contributed by atoms with Gasteiger partial charge >= 0.3 is 5.97 Å². The van der Waals surface area contributed by atoms with Crippen molar-refractivity contribution in [1.82, 2.24) is 0 Å².